The molecule has 0 unspecified atom stereocenters. The molecule has 1 aliphatic rings. The van der Waals surface area contributed by atoms with E-state index in [-0.39, 0.29) is 6.10 Å². The third-order valence-corrected chi connectivity index (χ3v) is 4.12. The number of nitrogens with zero attached hydrogens (tertiary/aromatic N) is 4. The molecule has 1 fully saturated rings. The monoisotopic (exact) mass is 275 g/mol. The van der Waals surface area contributed by atoms with Crippen molar-refractivity contribution in [3.8, 4) is 0 Å². The molecule has 6 nitrogen and oxygen atoms in total. The summed E-state index contributed by atoms with van der Waals surface area (Å²) in [7, 11) is 3.97. The minimum atomic E-state index is 0.0828. The van der Waals surface area contributed by atoms with Crippen LogP contribution >= 0.6 is 0 Å². The Labute approximate surface area is 118 Å². The van der Waals surface area contributed by atoms with Gasteiger partial charge in [0.05, 0.1) is 17.6 Å². The number of aryl methyl sites for hydroxylation is 2. The van der Waals surface area contributed by atoms with Gasteiger partial charge in [-0.25, -0.2) is 4.98 Å². The van der Waals surface area contributed by atoms with Crippen molar-refractivity contribution in [1.29, 1.82) is 0 Å². The maximum Gasteiger partial charge on any atom is 0.138 e. The number of hydrogen-bond donors (Lipinski definition) is 1. The molecule has 108 valence electrons. The van der Waals surface area contributed by atoms with E-state index in [2.05, 4.69) is 22.3 Å². The number of imidazole rings is 1. The second-order valence-corrected chi connectivity index (χ2v) is 5.38. The molecule has 20 heavy (non-hydrogen) atoms. The molecule has 0 radical (unpaired) electrons. The van der Waals surface area contributed by atoms with Gasteiger partial charge in [-0.2, -0.15) is 5.10 Å². The standard InChI is InChI=1S/C14H21N5O/c1-10-12(9-17-19(10)3)16-8-11-4-7-20-13(11)14-15-5-6-18(14)2/h5-6,9,11,13,16H,4,7-8H2,1-3H3/t11-,13+/m0/s1. The molecule has 0 bridgehead atoms. The number of aromatic nitrogens is 4. The van der Waals surface area contributed by atoms with Gasteiger partial charge < -0.3 is 14.6 Å². The maximum absolute atomic E-state index is 5.87. The quantitative estimate of drug-likeness (QED) is 0.922. The van der Waals surface area contributed by atoms with E-state index < -0.39 is 0 Å². The second kappa shape index (κ2) is 5.28. The molecule has 3 rings (SSSR count). The molecule has 0 saturated carbocycles. The first-order chi connectivity index (χ1) is 9.66. The number of hydrogen-bond acceptors (Lipinski definition) is 4. The van der Waals surface area contributed by atoms with Gasteiger partial charge in [0.25, 0.3) is 0 Å². The van der Waals surface area contributed by atoms with Crippen molar-refractivity contribution in [2.24, 2.45) is 20.0 Å². The van der Waals surface area contributed by atoms with Gasteiger partial charge in [0.15, 0.2) is 0 Å². The molecule has 0 aliphatic carbocycles. The van der Waals surface area contributed by atoms with Crippen molar-refractivity contribution in [2.75, 3.05) is 18.5 Å². The van der Waals surface area contributed by atoms with E-state index >= 15 is 0 Å². The average molecular weight is 275 g/mol. The minimum absolute atomic E-state index is 0.0828. The highest BCUT2D eigenvalue weighted by atomic mass is 16.5. The molecule has 2 aromatic rings. The van der Waals surface area contributed by atoms with Gasteiger partial charge in [-0.05, 0) is 13.3 Å². The van der Waals surface area contributed by atoms with E-state index in [0.29, 0.717) is 5.92 Å². The summed E-state index contributed by atoms with van der Waals surface area (Å²) in [6.07, 6.45) is 6.81. The van der Waals surface area contributed by atoms with E-state index in [0.717, 1.165) is 36.8 Å². The van der Waals surface area contributed by atoms with Crippen LogP contribution in [0.25, 0.3) is 0 Å². The molecule has 1 saturated heterocycles. The Morgan fingerprint density at radius 1 is 1.45 bits per heavy atom. The van der Waals surface area contributed by atoms with Gasteiger partial charge in [0.1, 0.15) is 11.9 Å². The predicted molar refractivity (Wildman–Crippen MR) is 76.4 cm³/mol. The highest BCUT2D eigenvalue weighted by molar-refractivity contribution is 5.45. The van der Waals surface area contributed by atoms with Gasteiger partial charge in [-0.1, -0.05) is 0 Å². The number of anilines is 1. The molecule has 0 aromatic carbocycles. The summed E-state index contributed by atoms with van der Waals surface area (Å²) in [6.45, 7) is 3.75. The summed E-state index contributed by atoms with van der Waals surface area (Å²) in [5.74, 6) is 1.45. The fourth-order valence-electron chi connectivity index (χ4n) is 2.69. The third-order valence-electron chi connectivity index (χ3n) is 4.12. The first-order valence-electron chi connectivity index (χ1n) is 6.98. The summed E-state index contributed by atoms with van der Waals surface area (Å²) >= 11 is 0. The van der Waals surface area contributed by atoms with Crippen molar-refractivity contribution in [1.82, 2.24) is 19.3 Å². The Bertz CT molecular complexity index is 588. The fourth-order valence-corrected chi connectivity index (χ4v) is 2.69. The highest BCUT2D eigenvalue weighted by Gasteiger charge is 2.32. The van der Waals surface area contributed by atoms with Gasteiger partial charge in [-0.15, -0.1) is 0 Å². The lowest BCUT2D eigenvalue weighted by molar-refractivity contribution is 0.0839. The molecular formula is C14H21N5O. The van der Waals surface area contributed by atoms with Gasteiger partial charge in [0.2, 0.25) is 0 Å². The fraction of sp³-hybridized carbons (Fsp3) is 0.571. The van der Waals surface area contributed by atoms with E-state index in [1.165, 1.54) is 0 Å². The summed E-state index contributed by atoms with van der Waals surface area (Å²) in [5, 5.41) is 7.74. The zero-order valence-corrected chi connectivity index (χ0v) is 12.2. The van der Waals surface area contributed by atoms with E-state index in [9.17, 15) is 0 Å². The van der Waals surface area contributed by atoms with E-state index in [1.54, 1.807) is 0 Å². The molecule has 1 aliphatic heterocycles. The van der Waals surface area contributed by atoms with Crippen LogP contribution in [-0.4, -0.2) is 32.5 Å². The molecule has 0 amide bonds. The summed E-state index contributed by atoms with van der Waals surface area (Å²) in [4.78, 5) is 4.42. The Hall–Kier alpha value is -1.82. The van der Waals surface area contributed by atoms with Crippen LogP contribution in [-0.2, 0) is 18.8 Å². The Balaban J connectivity index is 1.68. The van der Waals surface area contributed by atoms with Crippen LogP contribution in [0.1, 0.15) is 24.0 Å². The Kier molecular flexibility index (Phi) is 3.48. The molecule has 2 aromatic heterocycles. The largest absolute Gasteiger partial charge is 0.382 e. The third kappa shape index (κ3) is 2.31. The van der Waals surface area contributed by atoms with Crippen LogP contribution in [0.5, 0.6) is 0 Å². The van der Waals surface area contributed by atoms with Crippen LogP contribution < -0.4 is 5.32 Å². The minimum Gasteiger partial charge on any atom is -0.382 e. The molecule has 6 heteroatoms. The predicted octanol–water partition coefficient (Wildman–Crippen LogP) is 1.65. The van der Waals surface area contributed by atoms with E-state index in [4.69, 9.17) is 4.74 Å². The van der Waals surface area contributed by atoms with Crippen LogP contribution in [0.4, 0.5) is 5.69 Å². The zero-order valence-electron chi connectivity index (χ0n) is 12.2. The molecular weight excluding hydrogens is 254 g/mol. The van der Waals surface area contributed by atoms with Crippen LogP contribution in [0.3, 0.4) is 0 Å². The lowest BCUT2D eigenvalue weighted by Gasteiger charge is -2.19. The highest BCUT2D eigenvalue weighted by Crippen LogP contribution is 2.33. The van der Waals surface area contributed by atoms with Crippen LogP contribution in [0.15, 0.2) is 18.6 Å². The maximum atomic E-state index is 5.87. The molecule has 1 N–H and O–H groups in total. The Morgan fingerprint density at radius 3 is 2.95 bits per heavy atom. The first kappa shape index (κ1) is 13.2. The van der Waals surface area contributed by atoms with Gasteiger partial charge in [-0.3, -0.25) is 4.68 Å². The van der Waals surface area contributed by atoms with Crippen molar-refractivity contribution >= 4 is 5.69 Å². The molecule has 0 spiro atoms. The van der Waals surface area contributed by atoms with Crippen LogP contribution in [0.2, 0.25) is 0 Å². The number of ether oxygens (including phenoxy) is 1. The van der Waals surface area contributed by atoms with Gasteiger partial charge in [0, 0.05) is 45.6 Å². The molecule has 3 heterocycles. The lowest BCUT2D eigenvalue weighted by atomic mass is 10.0. The second-order valence-electron chi connectivity index (χ2n) is 5.38. The summed E-state index contributed by atoms with van der Waals surface area (Å²) < 4.78 is 9.79. The topological polar surface area (TPSA) is 56.9 Å². The molecule has 2 atom stereocenters. The zero-order chi connectivity index (χ0) is 14.1. The normalized spacial score (nSPS) is 22.4. The van der Waals surface area contributed by atoms with Crippen molar-refractivity contribution in [3.63, 3.8) is 0 Å². The number of nitrogens with one attached hydrogen (secondary N) is 1. The SMILES string of the molecule is Cc1c(NC[C@@H]2CCO[C@H]2c2nccn2C)cnn1C. The summed E-state index contributed by atoms with van der Waals surface area (Å²) in [6, 6.07) is 0. The Morgan fingerprint density at radius 2 is 2.30 bits per heavy atom. The lowest BCUT2D eigenvalue weighted by Crippen LogP contribution is -2.20. The van der Waals surface area contributed by atoms with Crippen molar-refractivity contribution in [2.45, 2.75) is 19.4 Å². The van der Waals surface area contributed by atoms with Crippen LogP contribution in [0, 0.1) is 12.8 Å². The van der Waals surface area contributed by atoms with Crippen molar-refractivity contribution < 1.29 is 4.74 Å². The number of rotatable bonds is 4. The average Bonchev–Trinajstić information content (AvgIpc) is 3.11. The van der Waals surface area contributed by atoms with E-state index in [1.807, 2.05) is 41.9 Å². The summed E-state index contributed by atoms with van der Waals surface area (Å²) in [5.41, 5.74) is 2.25. The first-order valence-corrected chi connectivity index (χ1v) is 6.98. The smallest absolute Gasteiger partial charge is 0.138 e. The van der Waals surface area contributed by atoms with Gasteiger partial charge >= 0.3 is 0 Å². The van der Waals surface area contributed by atoms with Crippen molar-refractivity contribution in [3.05, 3.63) is 30.1 Å².